The molecule has 3 heterocycles. The number of benzene rings is 1. The fraction of sp³-hybridized carbons (Fsp3) is 0.533. The van der Waals surface area contributed by atoms with Gasteiger partial charge in [-0.05, 0) is 93.4 Å². The van der Waals surface area contributed by atoms with Gasteiger partial charge in [-0.2, -0.15) is 13.2 Å². The van der Waals surface area contributed by atoms with Gasteiger partial charge in [0.15, 0.2) is 0 Å². The van der Waals surface area contributed by atoms with Crippen LogP contribution in [-0.2, 0) is 6.42 Å². The highest BCUT2D eigenvalue weighted by Crippen LogP contribution is 2.60. The summed E-state index contributed by atoms with van der Waals surface area (Å²) in [5.74, 6) is 0.573. The number of aryl methyl sites for hydroxylation is 1. The SMILES string of the molecule is O=c1[nH]c2cc(CCCCCC3(C(F)(F)F)CC3)ccc2c2c1c1cc(C3CC3)cnc1n2C1CCC1. The topological polar surface area (TPSA) is 50.7 Å². The van der Waals surface area contributed by atoms with Gasteiger partial charge < -0.3 is 9.55 Å². The van der Waals surface area contributed by atoms with Crippen LogP contribution >= 0.6 is 0 Å². The molecule has 0 unspecified atom stereocenters. The molecule has 4 aromatic rings. The highest BCUT2D eigenvalue weighted by Gasteiger charge is 2.62. The molecule has 4 nitrogen and oxygen atoms in total. The second kappa shape index (κ2) is 8.34. The normalized spacial score (nSPS) is 19.6. The van der Waals surface area contributed by atoms with E-state index < -0.39 is 11.6 Å². The van der Waals surface area contributed by atoms with Gasteiger partial charge in [0.1, 0.15) is 5.65 Å². The zero-order valence-corrected chi connectivity index (χ0v) is 21.0. The van der Waals surface area contributed by atoms with E-state index in [2.05, 4.69) is 33.8 Å². The Morgan fingerprint density at radius 2 is 1.84 bits per heavy atom. The van der Waals surface area contributed by atoms with Gasteiger partial charge in [0.25, 0.3) is 5.56 Å². The predicted molar refractivity (Wildman–Crippen MR) is 140 cm³/mol. The summed E-state index contributed by atoms with van der Waals surface area (Å²) in [5, 5.41) is 2.75. The zero-order chi connectivity index (χ0) is 25.4. The van der Waals surface area contributed by atoms with Crippen LogP contribution in [0.5, 0.6) is 0 Å². The van der Waals surface area contributed by atoms with Gasteiger partial charge in [0, 0.05) is 23.0 Å². The summed E-state index contributed by atoms with van der Waals surface area (Å²) >= 11 is 0. The van der Waals surface area contributed by atoms with Gasteiger partial charge in [-0.1, -0.05) is 25.0 Å². The lowest BCUT2D eigenvalue weighted by Crippen LogP contribution is -2.24. The van der Waals surface area contributed by atoms with Gasteiger partial charge in [-0.15, -0.1) is 0 Å². The van der Waals surface area contributed by atoms with Crippen LogP contribution in [0.4, 0.5) is 13.2 Å². The molecule has 1 N–H and O–H groups in total. The zero-order valence-electron chi connectivity index (χ0n) is 21.0. The van der Waals surface area contributed by atoms with Crippen LogP contribution in [0.15, 0.2) is 35.3 Å². The lowest BCUT2D eigenvalue weighted by atomic mass is 9.92. The molecule has 3 fully saturated rings. The molecular weight excluding hydrogens is 475 g/mol. The molecule has 3 aliphatic carbocycles. The molecule has 7 heteroatoms. The second-order valence-corrected chi connectivity index (χ2v) is 11.8. The molecule has 7 rings (SSSR count). The van der Waals surface area contributed by atoms with Gasteiger partial charge >= 0.3 is 6.18 Å². The number of nitrogens with zero attached hydrogens (tertiary/aromatic N) is 2. The Balaban J connectivity index is 1.19. The molecule has 0 atom stereocenters. The Labute approximate surface area is 213 Å². The van der Waals surface area contributed by atoms with Gasteiger partial charge in [0.05, 0.1) is 21.8 Å². The van der Waals surface area contributed by atoms with Crippen LogP contribution < -0.4 is 5.56 Å². The number of hydrogen-bond donors (Lipinski definition) is 1. The summed E-state index contributed by atoms with van der Waals surface area (Å²) in [4.78, 5) is 21.5. The van der Waals surface area contributed by atoms with Crippen LogP contribution in [0.25, 0.3) is 32.8 Å². The molecule has 1 aromatic carbocycles. The molecule has 0 amide bonds. The maximum absolute atomic E-state index is 13.4. The first kappa shape index (κ1) is 23.3. The summed E-state index contributed by atoms with van der Waals surface area (Å²) in [5.41, 5.74) is 3.62. The van der Waals surface area contributed by atoms with Crippen molar-refractivity contribution in [3.63, 3.8) is 0 Å². The first-order valence-corrected chi connectivity index (χ1v) is 13.9. The first-order valence-electron chi connectivity index (χ1n) is 13.9. The minimum Gasteiger partial charge on any atom is -0.321 e. The van der Waals surface area contributed by atoms with Crippen LogP contribution in [0.2, 0.25) is 0 Å². The second-order valence-electron chi connectivity index (χ2n) is 11.8. The summed E-state index contributed by atoms with van der Waals surface area (Å²) in [6, 6.07) is 8.85. The fourth-order valence-electron chi connectivity index (χ4n) is 6.38. The largest absolute Gasteiger partial charge is 0.394 e. The average molecular weight is 508 g/mol. The van der Waals surface area contributed by atoms with Crippen molar-refractivity contribution in [3.05, 3.63) is 51.9 Å². The maximum atomic E-state index is 13.4. The van der Waals surface area contributed by atoms with Crippen molar-refractivity contribution in [2.75, 3.05) is 0 Å². The number of H-pyrrole nitrogens is 1. The Morgan fingerprint density at radius 1 is 1.03 bits per heavy atom. The van der Waals surface area contributed by atoms with E-state index in [9.17, 15) is 18.0 Å². The summed E-state index contributed by atoms with van der Waals surface area (Å²) in [6.07, 6.45) is 7.62. The van der Waals surface area contributed by atoms with Crippen LogP contribution in [0, 0.1) is 5.41 Å². The van der Waals surface area contributed by atoms with Crippen molar-refractivity contribution in [1.82, 2.24) is 14.5 Å². The number of unbranched alkanes of at least 4 members (excludes halogenated alkanes) is 2. The van der Waals surface area contributed by atoms with Crippen molar-refractivity contribution in [3.8, 4) is 0 Å². The minimum atomic E-state index is -4.06. The van der Waals surface area contributed by atoms with E-state index in [1.165, 1.54) is 24.8 Å². The molecule has 0 aliphatic heterocycles. The van der Waals surface area contributed by atoms with Crippen molar-refractivity contribution in [2.45, 2.75) is 95.2 Å². The van der Waals surface area contributed by atoms with Gasteiger partial charge in [-0.25, -0.2) is 4.98 Å². The maximum Gasteiger partial charge on any atom is 0.394 e. The number of rotatable bonds is 8. The van der Waals surface area contributed by atoms with Crippen molar-refractivity contribution >= 4 is 32.8 Å². The number of fused-ring (bicyclic) bond motifs is 5. The third-order valence-electron chi connectivity index (χ3n) is 9.24. The van der Waals surface area contributed by atoms with E-state index in [4.69, 9.17) is 4.98 Å². The van der Waals surface area contributed by atoms with E-state index in [0.29, 0.717) is 18.4 Å². The standard InChI is InChI=1S/C30H32F3N3O/c31-30(32,33)29(13-14-29)12-3-1-2-5-18-8-11-22-24(15-18)35-28(37)25-23-16-20(19-9-10-19)17-34-27(23)36(26(22)25)21-6-4-7-21/h8,11,15-17,19,21H,1-7,9-10,12-14H2,(H,35,37). The van der Waals surface area contributed by atoms with Crippen LogP contribution in [-0.4, -0.2) is 20.7 Å². The van der Waals surface area contributed by atoms with E-state index in [-0.39, 0.29) is 24.8 Å². The van der Waals surface area contributed by atoms with Crippen molar-refractivity contribution < 1.29 is 13.2 Å². The number of hydrogen-bond acceptors (Lipinski definition) is 2. The van der Waals surface area contributed by atoms with Crippen LogP contribution in [0.3, 0.4) is 0 Å². The lowest BCUT2D eigenvalue weighted by Gasteiger charge is -2.28. The molecule has 0 spiro atoms. The minimum absolute atomic E-state index is 0.0700. The Bertz CT molecular complexity index is 1570. The van der Waals surface area contributed by atoms with Crippen LogP contribution in [0.1, 0.15) is 93.7 Å². The summed E-state index contributed by atoms with van der Waals surface area (Å²) in [7, 11) is 0. The van der Waals surface area contributed by atoms with Gasteiger partial charge in [-0.3, -0.25) is 4.79 Å². The van der Waals surface area contributed by atoms with E-state index in [1.54, 1.807) is 0 Å². The number of aromatic amines is 1. The number of nitrogens with one attached hydrogen (secondary N) is 1. The first-order chi connectivity index (χ1) is 17.8. The molecule has 3 saturated carbocycles. The fourth-order valence-corrected chi connectivity index (χ4v) is 6.38. The number of pyridine rings is 2. The Kier molecular flexibility index (Phi) is 5.25. The predicted octanol–water partition coefficient (Wildman–Crippen LogP) is 8.08. The molecule has 0 saturated heterocycles. The molecule has 37 heavy (non-hydrogen) atoms. The molecule has 3 aromatic heterocycles. The average Bonchev–Trinajstić information content (AvgIpc) is 3.75. The number of halogens is 3. The summed E-state index contributed by atoms with van der Waals surface area (Å²) in [6.45, 7) is 0. The van der Waals surface area contributed by atoms with Gasteiger partial charge in [0.2, 0.25) is 0 Å². The molecule has 3 aliphatic rings. The Hall–Kier alpha value is -2.83. The quantitative estimate of drug-likeness (QED) is 0.245. The monoisotopic (exact) mass is 507 g/mol. The molecule has 0 radical (unpaired) electrons. The van der Waals surface area contributed by atoms with E-state index in [0.717, 1.165) is 70.5 Å². The highest BCUT2D eigenvalue weighted by atomic mass is 19.4. The molecular formula is C30H32F3N3O. The molecule has 0 bridgehead atoms. The smallest absolute Gasteiger partial charge is 0.321 e. The van der Waals surface area contributed by atoms with Crippen molar-refractivity contribution in [1.29, 1.82) is 0 Å². The number of aromatic nitrogens is 3. The summed E-state index contributed by atoms with van der Waals surface area (Å²) < 4.78 is 41.8. The lowest BCUT2D eigenvalue weighted by molar-refractivity contribution is -0.189. The van der Waals surface area contributed by atoms with Crippen molar-refractivity contribution in [2.24, 2.45) is 5.41 Å². The third kappa shape index (κ3) is 3.88. The Morgan fingerprint density at radius 3 is 2.51 bits per heavy atom. The van der Waals surface area contributed by atoms with E-state index in [1.807, 2.05) is 6.20 Å². The molecule has 194 valence electrons. The van der Waals surface area contributed by atoms with E-state index >= 15 is 0 Å². The number of alkyl halides is 3. The highest BCUT2D eigenvalue weighted by molar-refractivity contribution is 6.15. The third-order valence-corrected chi connectivity index (χ3v) is 9.24.